The molecule has 0 spiro atoms. The minimum absolute atomic E-state index is 0.193. The summed E-state index contributed by atoms with van der Waals surface area (Å²) >= 11 is 0. The molecule has 0 saturated heterocycles. The summed E-state index contributed by atoms with van der Waals surface area (Å²) in [7, 11) is 0. The first-order chi connectivity index (χ1) is 9.69. The zero-order valence-corrected chi connectivity index (χ0v) is 11.4. The van der Waals surface area contributed by atoms with E-state index in [4.69, 9.17) is 0 Å². The molecule has 0 radical (unpaired) electrons. The normalized spacial score (nSPS) is 11.2. The van der Waals surface area contributed by atoms with Gasteiger partial charge in [-0.3, -0.25) is 9.59 Å². The van der Waals surface area contributed by atoms with E-state index >= 15 is 0 Å². The highest BCUT2D eigenvalue weighted by Crippen LogP contribution is 2.00. The molecule has 4 heteroatoms. The molecule has 0 heterocycles. The number of hydrogen-bond acceptors (Lipinski definition) is 2. The molecule has 0 fully saturated rings. The summed E-state index contributed by atoms with van der Waals surface area (Å²) in [5.74, 6) is -0.678. The van der Waals surface area contributed by atoms with Crippen LogP contribution in [0.5, 0.6) is 0 Å². The van der Waals surface area contributed by atoms with Gasteiger partial charge in [0.05, 0.1) is 0 Å². The van der Waals surface area contributed by atoms with Crippen LogP contribution in [0.4, 0.5) is 0 Å². The van der Waals surface area contributed by atoms with E-state index in [1.165, 1.54) is 0 Å². The van der Waals surface area contributed by atoms with Gasteiger partial charge in [-0.1, -0.05) is 36.4 Å². The highest BCUT2D eigenvalue weighted by molar-refractivity contribution is 6.02. The van der Waals surface area contributed by atoms with E-state index in [1.807, 2.05) is 13.0 Å². The average molecular weight is 270 g/mol. The molecule has 1 aromatic carbocycles. The van der Waals surface area contributed by atoms with Gasteiger partial charge in [0.15, 0.2) is 0 Å². The van der Waals surface area contributed by atoms with Crippen molar-refractivity contribution in [3.05, 3.63) is 72.5 Å². The van der Waals surface area contributed by atoms with Crippen molar-refractivity contribution in [3.8, 4) is 0 Å². The highest BCUT2D eigenvalue weighted by atomic mass is 16.2. The molecule has 2 N–H and O–H groups in total. The quantitative estimate of drug-likeness (QED) is 0.473. The summed E-state index contributed by atoms with van der Waals surface area (Å²) in [6.07, 6.45) is 6.59. The Morgan fingerprint density at radius 3 is 2.55 bits per heavy atom. The maximum atomic E-state index is 12.0. The third kappa shape index (κ3) is 4.94. The summed E-state index contributed by atoms with van der Waals surface area (Å²) < 4.78 is 0. The Morgan fingerprint density at radius 2 is 1.95 bits per heavy atom. The summed E-state index contributed by atoms with van der Waals surface area (Å²) in [5, 5.41) is 5.23. The van der Waals surface area contributed by atoms with Gasteiger partial charge >= 0.3 is 0 Å². The van der Waals surface area contributed by atoms with Crippen molar-refractivity contribution in [1.29, 1.82) is 0 Å². The Morgan fingerprint density at radius 1 is 1.25 bits per heavy atom. The van der Waals surface area contributed by atoms with Crippen LogP contribution in [0.25, 0.3) is 0 Å². The van der Waals surface area contributed by atoms with Crippen LogP contribution in [0.15, 0.2) is 66.9 Å². The minimum Gasteiger partial charge on any atom is -0.347 e. The molecular formula is C16H18N2O2. The Balaban J connectivity index is 2.82. The SMILES string of the molecule is C=CCNC(=O)/C(=C\C=C\C)NC(=O)c1ccccc1. The van der Waals surface area contributed by atoms with Crippen molar-refractivity contribution >= 4 is 11.8 Å². The summed E-state index contributed by atoms with van der Waals surface area (Å²) in [6, 6.07) is 8.72. The third-order valence-corrected chi connectivity index (χ3v) is 2.39. The monoisotopic (exact) mass is 270 g/mol. The smallest absolute Gasteiger partial charge is 0.268 e. The van der Waals surface area contributed by atoms with Gasteiger partial charge in [0.1, 0.15) is 5.70 Å². The second-order valence-corrected chi connectivity index (χ2v) is 3.92. The van der Waals surface area contributed by atoms with Gasteiger partial charge in [-0.25, -0.2) is 0 Å². The van der Waals surface area contributed by atoms with E-state index in [0.717, 1.165) is 0 Å². The molecular weight excluding hydrogens is 252 g/mol. The number of nitrogens with one attached hydrogen (secondary N) is 2. The fourth-order valence-electron chi connectivity index (χ4n) is 1.41. The molecule has 0 atom stereocenters. The van der Waals surface area contributed by atoms with Gasteiger partial charge in [0.2, 0.25) is 0 Å². The van der Waals surface area contributed by atoms with Crippen LogP contribution in [0.1, 0.15) is 17.3 Å². The highest BCUT2D eigenvalue weighted by Gasteiger charge is 2.12. The van der Waals surface area contributed by atoms with Crippen LogP contribution in [-0.4, -0.2) is 18.4 Å². The first kappa shape index (κ1) is 15.4. The zero-order valence-electron chi connectivity index (χ0n) is 11.4. The molecule has 0 aromatic heterocycles. The lowest BCUT2D eigenvalue weighted by Gasteiger charge is -2.09. The van der Waals surface area contributed by atoms with E-state index in [2.05, 4.69) is 17.2 Å². The van der Waals surface area contributed by atoms with Crippen molar-refractivity contribution in [2.24, 2.45) is 0 Å². The number of benzene rings is 1. The summed E-state index contributed by atoms with van der Waals surface area (Å²) in [6.45, 7) is 5.70. The van der Waals surface area contributed by atoms with Gasteiger partial charge in [0.25, 0.3) is 11.8 Å². The van der Waals surface area contributed by atoms with E-state index < -0.39 is 0 Å². The molecule has 0 unspecified atom stereocenters. The Bertz CT molecular complexity index is 531. The molecule has 1 aromatic rings. The van der Waals surface area contributed by atoms with Crippen molar-refractivity contribution < 1.29 is 9.59 Å². The van der Waals surface area contributed by atoms with E-state index in [9.17, 15) is 9.59 Å². The van der Waals surface area contributed by atoms with Gasteiger partial charge in [-0.2, -0.15) is 0 Å². The first-order valence-electron chi connectivity index (χ1n) is 6.27. The molecule has 20 heavy (non-hydrogen) atoms. The van der Waals surface area contributed by atoms with Crippen molar-refractivity contribution in [2.75, 3.05) is 6.54 Å². The molecule has 2 amide bonds. The molecule has 1 rings (SSSR count). The van der Waals surface area contributed by atoms with Crippen LogP contribution in [0.2, 0.25) is 0 Å². The Kier molecular flexibility index (Phi) is 6.54. The number of carbonyl (C=O) groups is 2. The standard InChI is InChI=1S/C16H18N2O2/c1-3-5-11-14(16(20)17-12-4-2)18-15(19)13-9-7-6-8-10-13/h3-11H,2,12H2,1H3,(H,17,20)(H,18,19)/b5-3+,14-11+. The maximum Gasteiger partial charge on any atom is 0.268 e. The average Bonchev–Trinajstić information content (AvgIpc) is 2.49. The van der Waals surface area contributed by atoms with Gasteiger partial charge in [-0.05, 0) is 25.1 Å². The van der Waals surface area contributed by atoms with E-state index in [-0.39, 0.29) is 17.5 Å². The molecule has 0 saturated carbocycles. The fraction of sp³-hybridized carbons (Fsp3) is 0.125. The molecule has 104 valence electrons. The van der Waals surface area contributed by atoms with Gasteiger partial charge in [-0.15, -0.1) is 6.58 Å². The third-order valence-electron chi connectivity index (χ3n) is 2.39. The Hall–Kier alpha value is -2.62. The molecule has 4 nitrogen and oxygen atoms in total. The maximum absolute atomic E-state index is 12.0. The second kappa shape index (κ2) is 8.48. The minimum atomic E-state index is -0.354. The van der Waals surface area contributed by atoms with Crippen LogP contribution < -0.4 is 10.6 Å². The van der Waals surface area contributed by atoms with Crippen LogP contribution in [0.3, 0.4) is 0 Å². The van der Waals surface area contributed by atoms with Crippen LogP contribution in [0, 0.1) is 0 Å². The molecule has 0 bridgehead atoms. The first-order valence-corrected chi connectivity index (χ1v) is 6.27. The van der Waals surface area contributed by atoms with Crippen molar-refractivity contribution in [1.82, 2.24) is 10.6 Å². The molecule has 0 aliphatic heterocycles. The predicted molar refractivity (Wildman–Crippen MR) is 80.0 cm³/mol. The number of hydrogen-bond donors (Lipinski definition) is 2. The molecule has 0 aliphatic rings. The number of allylic oxidation sites excluding steroid dienone is 3. The van der Waals surface area contributed by atoms with E-state index in [1.54, 1.807) is 48.6 Å². The largest absolute Gasteiger partial charge is 0.347 e. The lowest BCUT2D eigenvalue weighted by molar-refractivity contribution is -0.117. The van der Waals surface area contributed by atoms with E-state index in [0.29, 0.717) is 12.1 Å². The predicted octanol–water partition coefficient (Wildman–Crippen LogP) is 2.18. The lowest BCUT2D eigenvalue weighted by Crippen LogP contribution is -2.34. The zero-order chi connectivity index (χ0) is 14.8. The van der Waals surface area contributed by atoms with Gasteiger partial charge < -0.3 is 10.6 Å². The van der Waals surface area contributed by atoms with Crippen molar-refractivity contribution in [3.63, 3.8) is 0 Å². The number of amides is 2. The summed E-state index contributed by atoms with van der Waals surface area (Å²) in [5.41, 5.74) is 0.689. The number of carbonyl (C=O) groups excluding carboxylic acids is 2. The van der Waals surface area contributed by atoms with Crippen LogP contribution in [-0.2, 0) is 4.79 Å². The molecule has 0 aliphatic carbocycles. The van der Waals surface area contributed by atoms with Gasteiger partial charge in [0, 0.05) is 12.1 Å². The van der Waals surface area contributed by atoms with Crippen molar-refractivity contribution in [2.45, 2.75) is 6.92 Å². The Labute approximate surface area is 118 Å². The topological polar surface area (TPSA) is 58.2 Å². The second-order valence-electron chi connectivity index (χ2n) is 3.92. The van der Waals surface area contributed by atoms with Crippen LogP contribution >= 0.6 is 0 Å². The lowest BCUT2D eigenvalue weighted by atomic mass is 10.2. The fourth-order valence-corrected chi connectivity index (χ4v) is 1.41. The number of rotatable bonds is 6. The summed E-state index contributed by atoms with van der Waals surface area (Å²) in [4.78, 5) is 23.9.